The van der Waals surface area contributed by atoms with E-state index in [9.17, 15) is 13.8 Å². The van der Waals surface area contributed by atoms with E-state index in [2.05, 4.69) is 5.32 Å². The molecule has 0 heterocycles. The summed E-state index contributed by atoms with van der Waals surface area (Å²) in [5, 5.41) is 3.16. The van der Waals surface area contributed by atoms with Gasteiger partial charge in [-0.2, -0.15) is 0 Å². The van der Waals surface area contributed by atoms with Crippen LogP contribution in [0.1, 0.15) is 52.6 Å². The molecule has 5 heteroatoms. The number of allylic oxidation sites excluding steroid dienone is 2. The standard InChI is InChI=1S/C21H21NO3S/c1-3-13-26(25)21-18(22-14(2)15-9-5-4-6-10-15)19(23)16-11-7-8-12-17(16)20(21)24/h4-12,14,22H,3,13H2,1-2H3. The van der Waals surface area contributed by atoms with Crippen molar-refractivity contribution in [2.75, 3.05) is 5.75 Å². The SMILES string of the molecule is CCCS(=O)C1=C(NC(C)c2ccccc2)C(=O)c2ccccc2C1=O. The molecule has 0 spiro atoms. The van der Waals surface area contributed by atoms with Crippen molar-refractivity contribution in [1.29, 1.82) is 0 Å². The summed E-state index contributed by atoms with van der Waals surface area (Å²) in [4.78, 5) is 26.1. The van der Waals surface area contributed by atoms with Crippen molar-refractivity contribution in [2.24, 2.45) is 0 Å². The third-order valence-corrected chi connectivity index (χ3v) is 5.98. The Balaban J connectivity index is 2.07. The Hall–Kier alpha value is -2.53. The molecule has 0 amide bonds. The van der Waals surface area contributed by atoms with E-state index in [0.717, 1.165) is 5.56 Å². The van der Waals surface area contributed by atoms with Gasteiger partial charge in [0.25, 0.3) is 0 Å². The lowest BCUT2D eigenvalue weighted by Gasteiger charge is -2.24. The summed E-state index contributed by atoms with van der Waals surface area (Å²) in [6.07, 6.45) is 0.667. The Kier molecular flexibility index (Phi) is 5.47. The average molecular weight is 367 g/mol. The van der Waals surface area contributed by atoms with Crippen molar-refractivity contribution >= 4 is 22.4 Å². The van der Waals surface area contributed by atoms with Crippen molar-refractivity contribution in [1.82, 2.24) is 5.32 Å². The highest BCUT2D eigenvalue weighted by Gasteiger charge is 2.35. The predicted molar refractivity (Wildman–Crippen MR) is 103 cm³/mol. The fraction of sp³-hybridized carbons (Fsp3) is 0.238. The number of hydrogen-bond acceptors (Lipinski definition) is 4. The highest BCUT2D eigenvalue weighted by molar-refractivity contribution is 7.90. The molecule has 26 heavy (non-hydrogen) atoms. The van der Waals surface area contributed by atoms with Gasteiger partial charge in [-0.25, -0.2) is 0 Å². The van der Waals surface area contributed by atoms with Gasteiger partial charge < -0.3 is 5.32 Å². The van der Waals surface area contributed by atoms with Crippen molar-refractivity contribution < 1.29 is 13.8 Å². The van der Waals surface area contributed by atoms with Crippen LogP contribution in [0.25, 0.3) is 0 Å². The molecule has 0 bridgehead atoms. The minimum atomic E-state index is -1.52. The number of carbonyl (C=O) groups excluding carboxylic acids is 2. The molecule has 0 saturated carbocycles. The molecule has 4 nitrogen and oxygen atoms in total. The molecule has 1 N–H and O–H groups in total. The third-order valence-electron chi connectivity index (χ3n) is 4.35. The van der Waals surface area contributed by atoms with Gasteiger partial charge in [0.15, 0.2) is 0 Å². The summed E-state index contributed by atoms with van der Waals surface area (Å²) in [6.45, 7) is 3.82. The largest absolute Gasteiger partial charge is 0.374 e. The monoisotopic (exact) mass is 367 g/mol. The normalized spacial score (nSPS) is 16.2. The van der Waals surface area contributed by atoms with Gasteiger partial charge in [-0.15, -0.1) is 0 Å². The number of benzene rings is 2. The summed E-state index contributed by atoms with van der Waals surface area (Å²) in [6, 6.07) is 16.2. The number of ketones is 2. The maximum atomic E-state index is 13.0. The molecule has 2 atom stereocenters. The lowest BCUT2D eigenvalue weighted by atomic mass is 9.92. The number of Topliss-reactive ketones (excluding diaryl/α,β-unsaturated/α-hetero) is 2. The van der Waals surface area contributed by atoms with E-state index in [1.54, 1.807) is 24.3 Å². The summed E-state index contributed by atoms with van der Waals surface area (Å²) in [5.41, 5.74) is 1.84. The molecule has 0 saturated heterocycles. The van der Waals surface area contributed by atoms with Gasteiger partial charge in [0.2, 0.25) is 11.6 Å². The molecule has 2 aromatic carbocycles. The fourth-order valence-corrected chi connectivity index (χ4v) is 4.30. The van der Waals surface area contributed by atoms with Gasteiger partial charge in [0.1, 0.15) is 10.6 Å². The second-order valence-corrected chi connectivity index (χ2v) is 7.74. The minimum absolute atomic E-state index is 0.0957. The summed E-state index contributed by atoms with van der Waals surface area (Å²) in [5.74, 6) is -0.251. The maximum absolute atomic E-state index is 13.0. The molecule has 0 aliphatic heterocycles. The van der Waals surface area contributed by atoms with E-state index in [0.29, 0.717) is 23.3 Å². The fourth-order valence-electron chi connectivity index (χ4n) is 3.03. The zero-order valence-electron chi connectivity index (χ0n) is 14.8. The molecule has 1 aliphatic rings. The first-order valence-corrected chi connectivity index (χ1v) is 9.99. The maximum Gasteiger partial charge on any atom is 0.210 e. The smallest absolute Gasteiger partial charge is 0.210 e. The Morgan fingerprint density at radius 2 is 1.50 bits per heavy atom. The van der Waals surface area contributed by atoms with E-state index >= 15 is 0 Å². The zero-order valence-corrected chi connectivity index (χ0v) is 15.6. The second kappa shape index (κ2) is 7.79. The number of carbonyl (C=O) groups is 2. The number of nitrogens with one attached hydrogen (secondary N) is 1. The van der Waals surface area contributed by atoms with Crippen LogP contribution in [0, 0.1) is 0 Å². The van der Waals surface area contributed by atoms with E-state index < -0.39 is 10.8 Å². The zero-order chi connectivity index (χ0) is 18.7. The summed E-state index contributed by atoms with van der Waals surface area (Å²) < 4.78 is 12.7. The van der Waals surface area contributed by atoms with Crippen LogP contribution in [0.15, 0.2) is 65.2 Å². The predicted octanol–water partition coefficient (Wildman–Crippen LogP) is 3.79. The number of hydrogen-bond donors (Lipinski definition) is 1. The lowest BCUT2D eigenvalue weighted by molar-refractivity contribution is 0.0973. The topological polar surface area (TPSA) is 63.2 Å². The van der Waals surface area contributed by atoms with Crippen molar-refractivity contribution in [3.05, 3.63) is 81.9 Å². The summed E-state index contributed by atoms with van der Waals surface area (Å²) >= 11 is 0. The molecule has 0 aromatic heterocycles. The van der Waals surface area contributed by atoms with Crippen LogP contribution in [-0.2, 0) is 10.8 Å². The molecule has 1 aliphatic carbocycles. The van der Waals surface area contributed by atoms with Crippen molar-refractivity contribution in [3.8, 4) is 0 Å². The number of fused-ring (bicyclic) bond motifs is 1. The van der Waals surface area contributed by atoms with Gasteiger partial charge >= 0.3 is 0 Å². The molecule has 0 radical (unpaired) electrons. The van der Waals surface area contributed by atoms with Crippen LogP contribution >= 0.6 is 0 Å². The van der Waals surface area contributed by atoms with Crippen LogP contribution in [-0.4, -0.2) is 21.5 Å². The number of rotatable bonds is 6. The van der Waals surface area contributed by atoms with Gasteiger partial charge in [-0.3, -0.25) is 13.8 Å². The van der Waals surface area contributed by atoms with Crippen LogP contribution in [0.3, 0.4) is 0 Å². The second-order valence-electron chi connectivity index (χ2n) is 6.23. The highest BCUT2D eigenvalue weighted by atomic mass is 32.2. The summed E-state index contributed by atoms with van der Waals surface area (Å²) in [7, 11) is -1.52. The van der Waals surface area contributed by atoms with Crippen molar-refractivity contribution in [2.45, 2.75) is 26.3 Å². The molecular formula is C21H21NO3S. The van der Waals surface area contributed by atoms with Crippen LogP contribution in [0.2, 0.25) is 0 Å². The first kappa shape index (κ1) is 18.3. The Morgan fingerprint density at radius 3 is 2.12 bits per heavy atom. The van der Waals surface area contributed by atoms with Crippen LogP contribution < -0.4 is 5.32 Å². The van der Waals surface area contributed by atoms with Gasteiger partial charge in [-0.05, 0) is 18.9 Å². The molecule has 0 fully saturated rings. The lowest BCUT2D eigenvalue weighted by Crippen LogP contribution is -2.33. The van der Waals surface area contributed by atoms with Gasteiger partial charge in [-0.1, -0.05) is 61.5 Å². The molecular weight excluding hydrogens is 346 g/mol. The quantitative estimate of drug-likeness (QED) is 0.844. The molecule has 2 unspecified atom stereocenters. The minimum Gasteiger partial charge on any atom is -0.374 e. The van der Waals surface area contributed by atoms with Crippen LogP contribution in [0.5, 0.6) is 0 Å². The van der Waals surface area contributed by atoms with Gasteiger partial charge in [0.05, 0.1) is 10.8 Å². The van der Waals surface area contributed by atoms with Gasteiger partial charge in [0, 0.05) is 22.9 Å². The first-order valence-electron chi connectivity index (χ1n) is 8.67. The third kappa shape index (κ3) is 3.40. The molecule has 2 aromatic rings. The Morgan fingerprint density at radius 1 is 0.923 bits per heavy atom. The highest BCUT2D eigenvalue weighted by Crippen LogP contribution is 2.29. The molecule has 3 rings (SSSR count). The van der Waals surface area contributed by atoms with E-state index in [1.165, 1.54) is 0 Å². The Bertz CT molecular complexity index is 902. The van der Waals surface area contributed by atoms with Crippen LogP contribution in [0.4, 0.5) is 0 Å². The first-order chi connectivity index (χ1) is 12.5. The van der Waals surface area contributed by atoms with E-state index in [4.69, 9.17) is 0 Å². The van der Waals surface area contributed by atoms with Crippen molar-refractivity contribution in [3.63, 3.8) is 0 Å². The van der Waals surface area contributed by atoms with E-state index in [1.807, 2.05) is 44.2 Å². The van der Waals surface area contributed by atoms with E-state index in [-0.39, 0.29) is 28.2 Å². The Labute approximate surface area is 155 Å². The average Bonchev–Trinajstić information content (AvgIpc) is 2.66. The molecule has 134 valence electrons.